The molecule has 2 aromatic carbocycles. The summed E-state index contributed by atoms with van der Waals surface area (Å²) in [6.45, 7) is 3.38. The Balaban J connectivity index is 1.87. The van der Waals surface area contributed by atoms with Gasteiger partial charge in [0.15, 0.2) is 11.9 Å². The van der Waals surface area contributed by atoms with Gasteiger partial charge in [-0.25, -0.2) is 4.79 Å². The predicted molar refractivity (Wildman–Crippen MR) is 99.2 cm³/mol. The van der Waals surface area contributed by atoms with Crippen molar-refractivity contribution in [3.05, 3.63) is 58.8 Å². The van der Waals surface area contributed by atoms with Gasteiger partial charge in [-0.2, -0.15) is 0 Å². The predicted octanol–water partition coefficient (Wildman–Crippen LogP) is 3.56. The van der Waals surface area contributed by atoms with E-state index in [4.69, 9.17) is 14.2 Å². The smallest absolute Gasteiger partial charge is 0.346 e. The standard InChI is InChI=1S/C21H20O6/c1-12-17(26-13(2)21(23)25-4)10-9-16-19(22)18(27-20(12)16)11-14-5-7-15(24-3)8-6-14/h5-11,13H,1-4H3/b18-11-. The summed E-state index contributed by atoms with van der Waals surface area (Å²) < 4.78 is 21.2. The number of Topliss-reactive ketones (excluding diaryl/α,β-unsaturated/α-hetero) is 1. The van der Waals surface area contributed by atoms with Gasteiger partial charge in [-0.15, -0.1) is 0 Å². The fraction of sp³-hybridized carbons (Fsp3) is 0.238. The van der Waals surface area contributed by atoms with Crippen molar-refractivity contribution < 1.29 is 28.5 Å². The van der Waals surface area contributed by atoms with Crippen LogP contribution in [0.4, 0.5) is 0 Å². The Hall–Kier alpha value is -3.28. The van der Waals surface area contributed by atoms with Gasteiger partial charge < -0.3 is 18.9 Å². The molecule has 0 spiro atoms. The molecule has 3 rings (SSSR count). The van der Waals surface area contributed by atoms with E-state index >= 15 is 0 Å². The van der Waals surface area contributed by atoms with Gasteiger partial charge in [0.2, 0.25) is 5.78 Å². The average molecular weight is 368 g/mol. The minimum Gasteiger partial charge on any atom is -0.497 e. The number of hydrogen-bond donors (Lipinski definition) is 0. The fourth-order valence-electron chi connectivity index (χ4n) is 2.75. The summed E-state index contributed by atoms with van der Waals surface area (Å²) >= 11 is 0. The van der Waals surface area contributed by atoms with Crippen LogP contribution in [0.15, 0.2) is 42.2 Å². The van der Waals surface area contributed by atoms with Crippen LogP contribution in [0.2, 0.25) is 0 Å². The molecule has 1 unspecified atom stereocenters. The van der Waals surface area contributed by atoms with Crippen LogP contribution in [0.25, 0.3) is 6.08 Å². The summed E-state index contributed by atoms with van der Waals surface area (Å²) in [5.41, 5.74) is 1.93. The van der Waals surface area contributed by atoms with E-state index < -0.39 is 12.1 Å². The van der Waals surface area contributed by atoms with Gasteiger partial charge in [-0.05, 0) is 49.8 Å². The van der Waals surface area contributed by atoms with E-state index in [0.717, 1.165) is 11.3 Å². The molecule has 0 amide bonds. The van der Waals surface area contributed by atoms with Gasteiger partial charge in [0, 0.05) is 5.56 Å². The van der Waals surface area contributed by atoms with Crippen molar-refractivity contribution in [2.24, 2.45) is 0 Å². The van der Waals surface area contributed by atoms with Gasteiger partial charge in [-0.1, -0.05) is 12.1 Å². The Morgan fingerprint density at radius 3 is 2.44 bits per heavy atom. The van der Waals surface area contributed by atoms with E-state index in [-0.39, 0.29) is 11.5 Å². The number of methoxy groups -OCH3 is 2. The van der Waals surface area contributed by atoms with Crippen LogP contribution in [0, 0.1) is 6.92 Å². The zero-order chi connectivity index (χ0) is 19.6. The molecule has 0 bridgehead atoms. The van der Waals surface area contributed by atoms with E-state index in [9.17, 15) is 9.59 Å². The van der Waals surface area contributed by atoms with Crippen molar-refractivity contribution in [2.45, 2.75) is 20.0 Å². The molecule has 0 fully saturated rings. The lowest BCUT2D eigenvalue weighted by Crippen LogP contribution is -2.25. The maximum absolute atomic E-state index is 12.6. The molecule has 0 aliphatic carbocycles. The summed E-state index contributed by atoms with van der Waals surface area (Å²) in [5.74, 6) is 1.19. The highest BCUT2D eigenvalue weighted by molar-refractivity contribution is 6.15. The topological polar surface area (TPSA) is 71.1 Å². The second-order valence-electron chi connectivity index (χ2n) is 6.06. The third-order valence-electron chi connectivity index (χ3n) is 4.29. The monoisotopic (exact) mass is 368 g/mol. The Morgan fingerprint density at radius 1 is 1.11 bits per heavy atom. The molecule has 1 aliphatic rings. The number of esters is 1. The highest BCUT2D eigenvalue weighted by Gasteiger charge is 2.30. The van der Waals surface area contributed by atoms with E-state index in [0.29, 0.717) is 22.6 Å². The second kappa shape index (κ2) is 7.53. The largest absolute Gasteiger partial charge is 0.497 e. The van der Waals surface area contributed by atoms with Gasteiger partial charge in [0.1, 0.15) is 17.2 Å². The zero-order valence-electron chi connectivity index (χ0n) is 15.6. The number of fused-ring (bicyclic) bond motifs is 1. The molecular weight excluding hydrogens is 348 g/mol. The summed E-state index contributed by atoms with van der Waals surface area (Å²) in [5, 5.41) is 0. The molecule has 1 atom stereocenters. The van der Waals surface area contributed by atoms with Gasteiger partial charge in [0.05, 0.1) is 19.8 Å². The van der Waals surface area contributed by atoms with Crippen LogP contribution in [-0.2, 0) is 9.53 Å². The first-order valence-corrected chi connectivity index (χ1v) is 8.41. The minimum absolute atomic E-state index is 0.198. The molecular formula is C21H20O6. The van der Waals surface area contributed by atoms with Crippen LogP contribution < -0.4 is 14.2 Å². The summed E-state index contributed by atoms with van der Waals surface area (Å²) in [6.07, 6.45) is 0.914. The van der Waals surface area contributed by atoms with Crippen LogP contribution in [0.3, 0.4) is 0 Å². The lowest BCUT2D eigenvalue weighted by molar-refractivity contribution is -0.147. The lowest BCUT2D eigenvalue weighted by atomic mass is 10.1. The summed E-state index contributed by atoms with van der Waals surface area (Å²) in [7, 11) is 2.90. The molecule has 6 heteroatoms. The van der Waals surface area contributed by atoms with Gasteiger partial charge in [-0.3, -0.25) is 4.79 Å². The Bertz CT molecular complexity index is 911. The van der Waals surface area contributed by atoms with E-state index in [1.807, 2.05) is 24.3 Å². The maximum Gasteiger partial charge on any atom is 0.346 e. The van der Waals surface area contributed by atoms with Crippen LogP contribution in [0.5, 0.6) is 17.2 Å². The molecule has 0 N–H and O–H groups in total. The first kappa shape index (κ1) is 18.5. The third kappa shape index (κ3) is 3.65. The SMILES string of the molecule is COC(=O)C(C)Oc1ccc2c(c1C)O/C(=C\c1ccc(OC)cc1)C2=O. The van der Waals surface area contributed by atoms with Crippen molar-refractivity contribution in [1.29, 1.82) is 0 Å². The molecule has 0 radical (unpaired) electrons. The molecule has 27 heavy (non-hydrogen) atoms. The molecule has 2 aromatic rings. The number of carbonyl (C=O) groups is 2. The number of ketones is 1. The first-order valence-electron chi connectivity index (χ1n) is 8.41. The summed E-state index contributed by atoms with van der Waals surface area (Å²) in [4.78, 5) is 24.2. The molecule has 0 saturated carbocycles. The zero-order valence-corrected chi connectivity index (χ0v) is 15.6. The normalized spacial score (nSPS) is 15.1. The number of rotatable bonds is 5. The molecule has 1 aliphatic heterocycles. The fourth-order valence-corrected chi connectivity index (χ4v) is 2.75. The minimum atomic E-state index is -0.766. The number of benzene rings is 2. The Morgan fingerprint density at radius 2 is 1.81 bits per heavy atom. The first-order chi connectivity index (χ1) is 12.9. The Labute approximate surface area is 157 Å². The number of allylic oxidation sites excluding steroid dienone is 1. The van der Waals surface area contributed by atoms with Crippen LogP contribution >= 0.6 is 0 Å². The van der Waals surface area contributed by atoms with Crippen molar-refractivity contribution in [3.8, 4) is 17.2 Å². The highest BCUT2D eigenvalue weighted by atomic mass is 16.6. The van der Waals surface area contributed by atoms with Crippen molar-refractivity contribution in [1.82, 2.24) is 0 Å². The maximum atomic E-state index is 12.6. The number of hydrogen-bond acceptors (Lipinski definition) is 6. The molecule has 140 valence electrons. The third-order valence-corrected chi connectivity index (χ3v) is 4.29. The molecule has 1 heterocycles. The molecule has 0 saturated heterocycles. The van der Waals surface area contributed by atoms with E-state index in [1.54, 1.807) is 39.2 Å². The van der Waals surface area contributed by atoms with Crippen LogP contribution in [-0.4, -0.2) is 32.1 Å². The van der Waals surface area contributed by atoms with Crippen molar-refractivity contribution >= 4 is 17.8 Å². The van der Waals surface area contributed by atoms with Crippen molar-refractivity contribution in [3.63, 3.8) is 0 Å². The summed E-state index contributed by atoms with van der Waals surface area (Å²) in [6, 6.07) is 10.6. The van der Waals surface area contributed by atoms with E-state index in [2.05, 4.69) is 4.74 Å². The number of carbonyl (C=O) groups excluding carboxylic acids is 2. The highest BCUT2D eigenvalue weighted by Crippen LogP contribution is 2.39. The second-order valence-corrected chi connectivity index (χ2v) is 6.06. The van der Waals surface area contributed by atoms with Gasteiger partial charge >= 0.3 is 5.97 Å². The Kier molecular flexibility index (Phi) is 5.16. The van der Waals surface area contributed by atoms with Gasteiger partial charge in [0.25, 0.3) is 0 Å². The van der Waals surface area contributed by atoms with E-state index in [1.165, 1.54) is 7.11 Å². The number of ether oxygens (including phenoxy) is 4. The molecule has 0 aromatic heterocycles. The lowest BCUT2D eigenvalue weighted by Gasteiger charge is -2.15. The van der Waals surface area contributed by atoms with Crippen LogP contribution in [0.1, 0.15) is 28.4 Å². The van der Waals surface area contributed by atoms with Crippen molar-refractivity contribution in [2.75, 3.05) is 14.2 Å². The quantitative estimate of drug-likeness (QED) is 0.594. The molecule has 6 nitrogen and oxygen atoms in total. The average Bonchev–Trinajstić information content (AvgIpc) is 3.00.